The highest BCUT2D eigenvalue weighted by Gasteiger charge is 2.49. The Bertz CT molecular complexity index is 922. The Morgan fingerprint density at radius 2 is 1.84 bits per heavy atom. The van der Waals surface area contributed by atoms with E-state index in [9.17, 15) is 27.6 Å². The van der Waals surface area contributed by atoms with Crippen LogP contribution in [0.1, 0.15) is 31.2 Å². The quantitative estimate of drug-likeness (QED) is 0.537. The van der Waals surface area contributed by atoms with Crippen molar-refractivity contribution >= 4 is 35.0 Å². The van der Waals surface area contributed by atoms with Crippen molar-refractivity contribution in [3.63, 3.8) is 0 Å². The number of piperidine rings is 2. The van der Waals surface area contributed by atoms with Crippen LogP contribution < -0.4 is 21.3 Å². The number of amides is 3. The molecule has 1 aromatic carbocycles. The average Bonchev–Trinajstić information content (AvgIpc) is 2.74. The lowest BCUT2D eigenvalue weighted by Crippen LogP contribution is -2.74. The van der Waals surface area contributed by atoms with Crippen molar-refractivity contribution in [2.75, 3.05) is 18.4 Å². The molecule has 3 fully saturated rings. The number of likely N-dealkylation sites (tertiary alicyclic amines) is 1. The van der Waals surface area contributed by atoms with E-state index in [-0.39, 0.29) is 12.1 Å². The summed E-state index contributed by atoms with van der Waals surface area (Å²) in [7, 11) is 0. The van der Waals surface area contributed by atoms with Crippen LogP contribution in [-0.4, -0.2) is 48.2 Å². The molecular formula is C20H23ClF3N5O3. The minimum atomic E-state index is -4.69. The smallest absolute Gasteiger partial charge is 0.340 e. The van der Waals surface area contributed by atoms with Gasteiger partial charge in [-0.25, -0.2) is 0 Å². The number of hydrogen-bond donors (Lipinski definition) is 4. The van der Waals surface area contributed by atoms with Crippen LogP contribution in [0.3, 0.4) is 0 Å². The van der Waals surface area contributed by atoms with Crippen LogP contribution in [0.2, 0.25) is 5.02 Å². The molecule has 4 N–H and O–H groups in total. The van der Waals surface area contributed by atoms with E-state index in [2.05, 4.69) is 26.2 Å². The molecule has 4 rings (SSSR count). The summed E-state index contributed by atoms with van der Waals surface area (Å²) < 4.78 is 39.4. The molecule has 32 heavy (non-hydrogen) atoms. The van der Waals surface area contributed by atoms with Gasteiger partial charge >= 0.3 is 6.18 Å². The minimum absolute atomic E-state index is 0.121. The Kier molecular flexibility index (Phi) is 6.33. The van der Waals surface area contributed by atoms with Gasteiger partial charge in [0.15, 0.2) is 0 Å². The summed E-state index contributed by atoms with van der Waals surface area (Å²) in [4.78, 5) is 40.2. The number of nitrogens with zero attached hydrogens (tertiary/aromatic N) is 1. The second kappa shape index (κ2) is 8.87. The molecule has 3 aliphatic heterocycles. The van der Waals surface area contributed by atoms with Crippen molar-refractivity contribution in [3.05, 3.63) is 28.8 Å². The third-order valence-electron chi connectivity index (χ3n) is 6.07. The van der Waals surface area contributed by atoms with Gasteiger partial charge in [-0.3, -0.25) is 24.6 Å². The third-order valence-corrected chi connectivity index (χ3v) is 6.40. The zero-order valence-corrected chi connectivity index (χ0v) is 17.7. The molecule has 174 valence electrons. The standard InChI is InChI=1S/C20H23ClF3N5O3/c21-13-5-4-10(8-12(13)20(22,23)24)25-17(31)11-9-14(30)26-16-15(11)18(32)28-19(27-16)29-6-2-1-3-7-29/h4-5,8,11,15-16,19,27H,1-3,6-7,9H2,(H,25,31)(H,26,30)(H,28,32). The van der Waals surface area contributed by atoms with Crippen molar-refractivity contribution in [2.24, 2.45) is 11.8 Å². The third kappa shape index (κ3) is 4.69. The molecule has 0 aromatic heterocycles. The van der Waals surface area contributed by atoms with Crippen LogP contribution >= 0.6 is 11.6 Å². The lowest BCUT2D eigenvalue weighted by atomic mass is 9.81. The van der Waals surface area contributed by atoms with Gasteiger partial charge in [0, 0.05) is 25.2 Å². The average molecular weight is 474 g/mol. The number of carbonyl (C=O) groups is 3. The highest BCUT2D eigenvalue weighted by Crippen LogP contribution is 2.36. The summed E-state index contributed by atoms with van der Waals surface area (Å²) in [5, 5.41) is 10.7. The van der Waals surface area contributed by atoms with E-state index in [1.807, 2.05) is 0 Å². The summed E-state index contributed by atoms with van der Waals surface area (Å²) in [6.07, 6.45) is -3.05. The van der Waals surface area contributed by atoms with Crippen LogP contribution in [-0.2, 0) is 20.6 Å². The van der Waals surface area contributed by atoms with E-state index in [4.69, 9.17) is 11.6 Å². The molecule has 3 amide bonds. The molecule has 4 atom stereocenters. The van der Waals surface area contributed by atoms with Crippen LogP contribution in [0.25, 0.3) is 0 Å². The molecule has 0 saturated carbocycles. The molecule has 8 nitrogen and oxygen atoms in total. The normalized spacial score (nSPS) is 29.0. The number of fused-ring (bicyclic) bond motifs is 1. The molecule has 3 saturated heterocycles. The van der Waals surface area contributed by atoms with E-state index in [1.54, 1.807) is 0 Å². The van der Waals surface area contributed by atoms with Crippen molar-refractivity contribution in [3.8, 4) is 0 Å². The molecule has 3 heterocycles. The summed E-state index contributed by atoms with van der Waals surface area (Å²) in [6.45, 7) is 1.59. The van der Waals surface area contributed by atoms with Gasteiger partial charge in [-0.15, -0.1) is 0 Å². The second-order valence-corrected chi connectivity index (χ2v) is 8.64. The van der Waals surface area contributed by atoms with E-state index in [0.717, 1.165) is 44.5 Å². The molecule has 4 unspecified atom stereocenters. The van der Waals surface area contributed by atoms with E-state index in [1.165, 1.54) is 6.07 Å². The molecule has 0 bridgehead atoms. The van der Waals surface area contributed by atoms with E-state index < -0.39 is 58.8 Å². The zero-order chi connectivity index (χ0) is 23.0. The molecule has 12 heteroatoms. The minimum Gasteiger partial charge on any atom is -0.340 e. The predicted octanol–water partition coefficient (Wildman–Crippen LogP) is 1.86. The molecular weight excluding hydrogens is 451 g/mol. The summed E-state index contributed by atoms with van der Waals surface area (Å²) in [5.41, 5.74) is -1.21. The fourth-order valence-electron chi connectivity index (χ4n) is 4.49. The lowest BCUT2D eigenvalue weighted by molar-refractivity contribution is -0.147. The Morgan fingerprint density at radius 1 is 1.12 bits per heavy atom. The zero-order valence-electron chi connectivity index (χ0n) is 17.0. The number of rotatable bonds is 3. The van der Waals surface area contributed by atoms with Crippen molar-refractivity contribution < 1.29 is 27.6 Å². The first-order valence-electron chi connectivity index (χ1n) is 10.4. The predicted molar refractivity (Wildman–Crippen MR) is 109 cm³/mol. The highest BCUT2D eigenvalue weighted by molar-refractivity contribution is 6.31. The van der Waals surface area contributed by atoms with Gasteiger partial charge in [0.05, 0.1) is 28.6 Å². The number of anilines is 1. The topological polar surface area (TPSA) is 103 Å². The maximum Gasteiger partial charge on any atom is 0.417 e. The molecule has 3 aliphatic rings. The van der Waals surface area contributed by atoms with Crippen molar-refractivity contribution in [2.45, 2.75) is 44.3 Å². The van der Waals surface area contributed by atoms with Gasteiger partial charge in [0.2, 0.25) is 17.7 Å². The fraction of sp³-hybridized carbons (Fsp3) is 0.550. The van der Waals surface area contributed by atoms with Crippen LogP contribution in [0.5, 0.6) is 0 Å². The number of hydrogen-bond acceptors (Lipinski definition) is 5. The maximum atomic E-state index is 13.1. The first-order chi connectivity index (χ1) is 15.1. The number of alkyl halides is 3. The first-order valence-corrected chi connectivity index (χ1v) is 10.8. The van der Waals surface area contributed by atoms with Gasteiger partial charge in [-0.05, 0) is 31.0 Å². The molecule has 1 aromatic rings. The monoisotopic (exact) mass is 473 g/mol. The van der Waals surface area contributed by atoms with Crippen LogP contribution in [0.4, 0.5) is 18.9 Å². The summed E-state index contributed by atoms with van der Waals surface area (Å²) >= 11 is 5.62. The van der Waals surface area contributed by atoms with Gasteiger partial charge in [0.1, 0.15) is 6.29 Å². The van der Waals surface area contributed by atoms with Crippen molar-refractivity contribution in [1.82, 2.24) is 20.9 Å². The van der Waals surface area contributed by atoms with Gasteiger partial charge in [0.25, 0.3) is 0 Å². The SMILES string of the molecule is O=C1CC(C(=O)Nc2ccc(Cl)c(C(F)(F)F)c2)C2C(=O)NC(N3CCCCC3)NC2N1. The van der Waals surface area contributed by atoms with Crippen LogP contribution in [0.15, 0.2) is 18.2 Å². The van der Waals surface area contributed by atoms with E-state index >= 15 is 0 Å². The Balaban J connectivity index is 1.50. The molecule has 0 radical (unpaired) electrons. The second-order valence-electron chi connectivity index (χ2n) is 8.24. The maximum absolute atomic E-state index is 13.1. The fourth-order valence-corrected chi connectivity index (χ4v) is 4.71. The Hall–Kier alpha value is -2.37. The highest BCUT2D eigenvalue weighted by atomic mass is 35.5. The number of halogens is 4. The number of nitrogens with one attached hydrogen (secondary N) is 4. The van der Waals surface area contributed by atoms with E-state index in [0.29, 0.717) is 0 Å². The summed E-state index contributed by atoms with van der Waals surface area (Å²) in [5.74, 6) is -3.47. The van der Waals surface area contributed by atoms with Gasteiger partial charge in [-0.2, -0.15) is 13.2 Å². The first kappa shape index (κ1) is 22.8. The van der Waals surface area contributed by atoms with Gasteiger partial charge < -0.3 is 16.0 Å². The van der Waals surface area contributed by atoms with Crippen molar-refractivity contribution in [1.29, 1.82) is 0 Å². The Labute approximate surface area is 187 Å². The largest absolute Gasteiger partial charge is 0.417 e. The summed E-state index contributed by atoms with van der Waals surface area (Å²) in [6, 6.07) is 3.00. The number of carbonyl (C=O) groups excluding carboxylic acids is 3. The van der Waals surface area contributed by atoms with Crippen LogP contribution in [0, 0.1) is 11.8 Å². The van der Waals surface area contributed by atoms with Gasteiger partial charge in [-0.1, -0.05) is 18.0 Å². The molecule has 0 spiro atoms. The lowest BCUT2D eigenvalue weighted by Gasteiger charge is -2.46. The Morgan fingerprint density at radius 3 is 2.53 bits per heavy atom. The molecule has 0 aliphatic carbocycles. The number of benzene rings is 1.